The molecule has 3 N–H and O–H groups in total. The maximum absolute atomic E-state index is 7.31. The number of benzene rings is 1. The van der Waals surface area contributed by atoms with Gasteiger partial charge in [-0.15, -0.1) is 0 Å². The molecule has 5 heteroatoms. The lowest BCUT2D eigenvalue weighted by Crippen LogP contribution is -2.28. The number of anilines is 1. The Hall–Kier alpha value is -2.17. The summed E-state index contributed by atoms with van der Waals surface area (Å²) in [6.45, 7) is 3.65. The second-order valence-electron chi connectivity index (χ2n) is 4.10. The van der Waals surface area contributed by atoms with E-state index in [9.17, 15) is 0 Å². The third-order valence-corrected chi connectivity index (χ3v) is 2.90. The van der Waals surface area contributed by atoms with E-state index in [0.717, 1.165) is 29.7 Å². The number of nitrogens with zero attached hydrogens (tertiary/aromatic N) is 3. The number of amidine groups is 1. The van der Waals surface area contributed by atoms with E-state index in [1.165, 1.54) is 0 Å². The second kappa shape index (κ2) is 5.44. The number of hydrogen-bond donors (Lipinski definition) is 2. The number of hydrogen-bond acceptors (Lipinski definition) is 4. The first-order chi connectivity index (χ1) is 8.72. The fourth-order valence-electron chi connectivity index (χ4n) is 1.95. The monoisotopic (exact) mass is 243 g/mol. The van der Waals surface area contributed by atoms with Gasteiger partial charge < -0.3 is 10.6 Å². The Bertz CT molecular complexity index is 547. The molecule has 0 atom stereocenters. The van der Waals surface area contributed by atoms with Gasteiger partial charge >= 0.3 is 0 Å². The summed E-state index contributed by atoms with van der Waals surface area (Å²) in [5.41, 5.74) is 7.35. The van der Waals surface area contributed by atoms with Crippen LogP contribution in [-0.4, -0.2) is 29.1 Å². The fraction of sp³-hybridized carbons (Fsp3) is 0.308. The van der Waals surface area contributed by atoms with Crippen molar-refractivity contribution < 1.29 is 0 Å². The highest BCUT2D eigenvalue weighted by molar-refractivity contribution is 5.91. The van der Waals surface area contributed by atoms with Crippen molar-refractivity contribution in [3.63, 3.8) is 0 Å². The molecule has 2 rings (SSSR count). The first-order valence-electron chi connectivity index (χ1n) is 6.00. The van der Waals surface area contributed by atoms with Crippen LogP contribution in [0, 0.1) is 5.41 Å². The van der Waals surface area contributed by atoms with Crippen molar-refractivity contribution in [2.75, 3.05) is 18.0 Å². The predicted octanol–water partition coefficient (Wildman–Crippen LogP) is 1.78. The lowest BCUT2D eigenvalue weighted by molar-refractivity contribution is 0.829. The van der Waals surface area contributed by atoms with E-state index in [1.807, 2.05) is 24.3 Å². The molecule has 0 aliphatic carbocycles. The predicted molar refractivity (Wildman–Crippen MR) is 74.0 cm³/mol. The van der Waals surface area contributed by atoms with E-state index in [2.05, 4.69) is 22.0 Å². The van der Waals surface area contributed by atoms with Crippen LogP contribution in [0.15, 0.2) is 30.5 Å². The zero-order chi connectivity index (χ0) is 13.0. The summed E-state index contributed by atoms with van der Waals surface area (Å²) < 4.78 is 0. The molecule has 1 aromatic heterocycles. The van der Waals surface area contributed by atoms with Crippen LogP contribution in [0.4, 0.5) is 5.69 Å². The van der Waals surface area contributed by atoms with Crippen LogP contribution in [-0.2, 0) is 0 Å². The Balaban J connectivity index is 2.35. The number of rotatable bonds is 5. The van der Waals surface area contributed by atoms with E-state index >= 15 is 0 Å². The normalized spacial score (nSPS) is 10.5. The van der Waals surface area contributed by atoms with Crippen molar-refractivity contribution in [2.45, 2.75) is 13.3 Å². The molecule has 0 spiro atoms. The molecule has 0 saturated carbocycles. The quantitative estimate of drug-likeness (QED) is 0.619. The van der Waals surface area contributed by atoms with Crippen molar-refractivity contribution in [3.05, 3.63) is 30.5 Å². The molecule has 1 heterocycles. The summed E-state index contributed by atoms with van der Waals surface area (Å²) in [6, 6.07) is 7.93. The summed E-state index contributed by atoms with van der Waals surface area (Å²) in [7, 11) is 0. The van der Waals surface area contributed by atoms with Gasteiger partial charge in [0.1, 0.15) is 0 Å². The highest BCUT2D eigenvalue weighted by atomic mass is 15.2. The minimum absolute atomic E-state index is 0.208. The Kier molecular flexibility index (Phi) is 3.72. The third-order valence-electron chi connectivity index (χ3n) is 2.90. The van der Waals surface area contributed by atoms with Gasteiger partial charge in [-0.2, -0.15) is 10.2 Å². The molecule has 1 aromatic carbocycles. The molecule has 0 unspecified atom stereocenters. The first kappa shape index (κ1) is 12.3. The molecule has 2 aromatic rings. The fourth-order valence-corrected chi connectivity index (χ4v) is 1.95. The number of nitrogens with one attached hydrogen (secondary N) is 1. The summed E-state index contributed by atoms with van der Waals surface area (Å²) in [6.07, 6.45) is 2.33. The lowest BCUT2D eigenvalue weighted by atomic mass is 10.2. The maximum atomic E-state index is 7.31. The molecule has 0 bridgehead atoms. The average molecular weight is 243 g/mol. The molecule has 0 aliphatic rings. The Morgan fingerprint density at radius 2 is 2.17 bits per heavy atom. The van der Waals surface area contributed by atoms with Gasteiger partial charge in [-0.25, -0.2) is 0 Å². The van der Waals surface area contributed by atoms with E-state index < -0.39 is 0 Å². The molecule has 0 saturated heterocycles. The van der Waals surface area contributed by atoms with E-state index in [1.54, 1.807) is 6.20 Å². The zero-order valence-electron chi connectivity index (χ0n) is 10.4. The largest absolute Gasteiger partial charge is 0.388 e. The minimum atomic E-state index is 0.208. The van der Waals surface area contributed by atoms with Crippen LogP contribution in [0.3, 0.4) is 0 Å². The molecule has 18 heavy (non-hydrogen) atoms. The van der Waals surface area contributed by atoms with Crippen molar-refractivity contribution in [1.29, 1.82) is 5.41 Å². The van der Waals surface area contributed by atoms with Gasteiger partial charge in [-0.05, 0) is 13.0 Å². The first-order valence-corrected chi connectivity index (χ1v) is 6.00. The molecule has 0 amide bonds. The lowest BCUT2D eigenvalue weighted by Gasteiger charge is -2.23. The summed E-state index contributed by atoms with van der Waals surface area (Å²) >= 11 is 0. The third kappa shape index (κ3) is 2.56. The minimum Gasteiger partial charge on any atom is -0.388 e. The van der Waals surface area contributed by atoms with Crippen LogP contribution in [0.25, 0.3) is 10.9 Å². The highest BCUT2D eigenvalue weighted by Crippen LogP contribution is 2.23. The molecule has 0 radical (unpaired) electrons. The topological polar surface area (TPSA) is 78.9 Å². The second-order valence-corrected chi connectivity index (χ2v) is 4.10. The Morgan fingerprint density at radius 3 is 2.89 bits per heavy atom. The van der Waals surface area contributed by atoms with Gasteiger partial charge in [0.15, 0.2) is 0 Å². The summed E-state index contributed by atoms with van der Waals surface area (Å²) in [4.78, 5) is 2.17. The van der Waals surface area contributed by atoms with Gasteiger partial charge in [0.05, 0.1) is 23.2 Å². The highest BCUT2D eigenvalue weighted by Gasteiger charge is 2.09. The molecular weight excluding hydrogens is 226 g/mol. The molecule has 5 nitrogen and oxygen atoms in total. The maximum Gasteiger partial charge on any atom is 0.0950 e. The summed E-state index contributed by atoms with van der Waals surface area (Å²) in [5, 5.41) is 16.5. The van der Waals surface area contributed by atoms with E-state index in [-0.39, 0.29) is 5.84 Å². The Labute approximate surface area is 106 Å². The molecule has 94 valence electrons. The standard InChI is InChI=1S/C13H17N5/c1-2-18(8-7-13(14)15)12-9-16-17-11-6-4-3-5-10(11)12/h3-6,9H,2,7-8H2,1H3,(H3,14,15). The smallest absolute Gasteiger partial charge is 0.0950 e. The van der Waals surface area contributed by atoms with Crippen LogP contribution in [0.1, 0.15) is 13.3 Å². The Morgan fingerprint density at radius 1 is 1.39 bits per heavy atom. The zero-order valence-corrected chi connectivity index (χ0v) is 10.4. The molecule has 0 fully saturated rings. The number of fused-ring (bicyclic) bond motifs is 1. The molecule has 0 aliphatic heterocycles. The molecular formula is C13H17N5. The number of nitrogens with two attached hydrogens (primary N) is 1. The summed E-state index contributed by atoms with van der Waals surface area (Å²) in [5.74, 6) is 0.208. The van der Waals surface area contributed by atoms with Gasteiger partial charge in [-0.3, -0.25) is 5.41 Å². The average Bonchev–Trinajstić information content (AvgIpc) is 2.39. The van der Waals surface area contributed by atoms with Crippen molar-refractivity contribution in [1.82, 2.24) is 10.2 Å². The van der Waals surface area contributed by atoms with Crippen molar-refractivity contribution >= 4 is 22.4 Å². The van der Waals surface area contributed by atoms with E-state index in [4.69, 9.17) is 11.1 Å². The van der Waals surface area contributed by atoms with Gasteiger partial charge in [-0.1, -0.05) is 18.2 Å². The van der Waals surface area contributed by atoms with Crippen molar-refractivity contribution in [2.24, 2.45) is 5.73 Å². The van der Waals surface area contributed by atoms with Crippen molar-refractivity contribution in [3.8, 4) is 0 Å². The van der Waals surface area contributed by atoms with Gasteiger partial charge in [0.2, 0.25) is 0 Å². The van der Waals surface area contributed by atoms with Gasteiger partial charge in [0.25, 0.3) is 0 Å². The van der Waals surface area contributed by atoms with Crippen LogP contribution in [0.2, 0.25) is 0 Å². The van der Waals surface area contributed by atoms with Gasteiger partial charge in [0, 0.05) is 24.9 Å². The van der Waals surface area contributed by atoms with Crippen LogP contribution < -0.4 is 10.6 Å². The van der Waals surface area contributed by atoms with Crippen LogP contribution in [0.5, 0.6) is 0 Å². The SMILES string of the molecule is CCN(CCC(=N)N)c1cnnc2ccccc12. The van der Waals surface area contributed by atoms with Crippen LogP contribution >= 0.6 is 0 Å². The van der Waals surface area contributed by atoms with E-state index in [0.29, 0.717) is 6.42 Å². The number of aromatic nitrogens is 2.